The summed E-state index contributed by atoms with van der Waals surface area (Å²) < 4.78 is 15.4. The Labute approximate surface area is 232 Å². The first kappa shape index (κ1) is 30.1. The molecular formula is C32H42FN3O3. The summed E-state index contributed by atoms with van der Waals surface area (Å²) in [7, 11) is 1.95. The molecule has 1 aromatic carbocycles. The predicted octanol–water partition coefficient (Wildman–Crippen LogP) is 7.20. The van der Waals surface area contributed by atoms with Crippen LogP contribution in [0.15, 0.2) is 58.5 Å². The Balaban J connectivity index is 2.08. The van der Waals surface area contributed by atoms with E-state index in [0.717, 1.165) is 68.8 Å². The van der Waals surface area contributed by atoms with Gasteiger partial charge in [-0.1, -0.05) is 50.8 Å². The largest absolute Gasteiger partial charge is 0.478 e. The second-order valence-electron chi connectivity index (χ2n) is 10.5. The van der Waals surface area contributed by atoms with Crippen molar-refractivity contribution in [3.63, 3.8) is 0 Å². The minimum atomic E-state index is -1.09. The third-order valence-electron chi connectivity index (χ3n) is 7.60. The minimum absolute atomic E-state index is 0.0455. The minimum Gasteiger partial charge on any atom is -0.478 e. The Hall–Kier alpha value is -3.48. The van der Waals surface area contributed by atoms with Crippen molar-refractivity contribution >= 4 is 29.2 Å². The highest BCUT2D eigenvalue weighted by molar-refractivity contribution is 6.43. The Morgan fingerprint density at radius 1 is 1.21 bits per heavy atom. The third kappa shape index (κ3) is 7.78. The van der Waals surface area contributed by atoms with E-state index in [4.69, 9.17) is 10.1 Å². The molecule has 1 unspecified atom stereocenters. The number of allylic oxidation sites excluding steroid dienone is 4. The second kappa shape index (κ2) is 14.1. The number of carbonyl (C=O) groups is 2. The number of carboxylic acids is 1. The molecule has 0 saturated carbocycles. The molecule has 3 rings (SSSR count). The first-order valence-corrected chi connectivity index (χ1v) is 14.1. The van der Waals surface area contributed by atoms with Gasteiger partial charge >= 0.3 is 5.97 Å². The van der Waals surface area contributed by atoms with Crippen LogP contribution in [0.5, 0.6) is 0 Å². The first-order valence-electron chi connectivity index (χ1n) is 14.1. The SMILES string of the molecule is CCCCC1=CC(C(=O)N2CCCCCC2C)=N/C(=C/C(=C(/C)CC)c2ccc(/C=C/C(=O)O)cc2F)N1C. The molecule has 0 aromatic heterocycles. The molecule has 2 aliphatic heterocycles. The van der Waals surface area contributed by atoms with Gasteiger partial charge < -0.3 is 14.9 Å². The van der Waals surface area contributed by atoms with E-state index >= 15 is 4.39 Å². The van der Waals surface area contributed by atoms with Gasteiger partial charge in [0.1, 0.15) is 17.3 Å². The fourth-order valence-corrected chi connectivity index (χ4v) is 4.96. The van der Waals surface area contributed by atoms with Crippen molar-refractivity contribution in [1.29, 1.82) is 0 Å². The molecule has 2 heterocycles. The summed E-state index contributed by atoms with van der Waals surface area (Å²) in [5, 5.41) is 8.90. The van der Waals surface area contributed by atoms with E-state index in [9.17, 15) is 9.59 Å². The van der Waals surface area contributed by atoms with Gasteiger partial charge in [-0.05, 0) is 81.4 Å². The number of unbranched alkanes of at least 4 members (excludes halogenated alkanes) is 1. The fourth-order valence-electron chi connectivity index (χ4n) is 4.96. The number of aliphatic imine (C=N–C) groups is 1. The number of hydrogen-bond donors (Lipinski definition) is 1. The van der Waals surface area contributed by atoms with Gasteiger partial charge in [-0.3, -0.25) is 4.79 Å². The number of hydrogen-bond acceptors (Lipinski definition) is 4. The van der Waals surface area contributed by atoms with Gasteiger partial charge in [0.25, 0.3) is 5.91 Å². The number of carbonyl (C=O) groups excluding carboxylic acids is 1. The topological polar surface area (TPSA) is 73.2 Å². The van der Waals surface area contributed by atoms with Crippen molar-refractivity contribution in [2.75, 3.05) is 13.6 Å². The lowest BCUT2D eigenvalue weighted by molar-refractivity contribution is -0.131. The molecule has 0 radical (unpaired) electrons. The van der Waals surface area contributed by atoms with Gasteiger partial charge in [-0.2, -0.15) is 0 Å². The lowest BCUT2D eigenvalue weighted by Gasteiger charge is -2.31. The number of rotatable bonds is 9. The molecule has 2 aliphatic rings. The molecule has 0 aliphatic carbocycles. The summed E-state index contributed by atoms with van der Waals surface area (Å²) in [6.45, 7) is 8.98. The molecule has 1 amide bonds. The maximum absolute atomic E-state index is 15.4. The van der Waals surface area contributed by atoms with Crippen LogP contribution in [-0.4, -0.2) is 52.1 Å². The number of benzene rings is 1. The maximum Gasteiger partial charge on any atom is 0.328 e. The van der Waals surface area contributed by atoms with Gasteiger partial charge in [0.2, 0.25) is 0 Å². The number of carboxylic acid groups (broad SMARTS) is 1. The monoisotopic (exact) mass is 535 g/mol. The van der Waals surface area contributed by atoms with Crippen molar-refractivity contribution in [3.05, 3.63) is 70.5 Å². The molecule has 7 heteroatoms. The predicted molar refractivity (Wildman–Crippen MR) is 156 cm³/mol. The molecule has 1 fully saturated rings. The van der Waals surface area contributed by atoms with Crippen molar-refractivity contribution in [1.82, 2.24) is 9.80 Å². The van der Waals surface area contributed by atoms with E-state index in [0.29, 0.717) is 34.7 Å². The fraction of sp³-hybridized carbons (Fsp3) is 0.469. The van der Waals surface area contributed by atoms with Gasteiger partial charge in [0.05, 0.1) is 0 Å². The Kier molecular flexibility index (Phi) is 10.8. The van der Waals surface area contributed by atoms with E-state index in [1.807, 2.05) is 42.8 Å². The summed E-state index contributed by atoms with van der Waals surface area (Å²) in [5.74, 6) is -0.972. The highest BCUT2D eigenvalue weighted by atomic mass is 19.1. The third-order valence-corrected chi connectivity index (χ3v) is 7.60. The van der Waals surface area contributed by atoms with Crippen LogP contribution < -0.4 is 0 Å². The molecule has 1 saturated heterocycles. The van der Waals surface area contributed by atoms with E-state index in [-0.39, 0.29) is 11.9 Å². The number of nitrogens with zero attached hydrogens (tertiary/aromatic N) is 3. The molecular weight excluding hydrogens is 493 g/mol. The lowest BCUT2D eigenvalue weighted by atomic mass is 9.96. The summed E-state index contributed by atoms with van der Waals surface area (Å²) >= 11 is 0. The zero-order valence-corrected chi connectivity index (χ0v) is 24.0. The van der Waals surface area contributed by atoms with Crippen molar-refractivity contribution in [2.24, 2.45) is 4.99 Å². The highest BCUT2D eigenvalue weighted by Crippen LogP contribution is 2.31. The summed E-state index contributed by atoms with van der Waals surface area (Å²) in [4.78, 5) is 33.4. The van der Waals surface area contributed by atoms with E-state index < -0.39 is 11.8 Å². The average Bonchev–Trinajstić information content (AvgIpc) is 3.14. The second-order valence-corrected chi connectivity index (χ2v) is 10.5. The summed E-state index contributed by atoms with van der Waals surface area (Å²) in [5.41, 5.74) is 4.03. The van der Waals surface area contributed by atoms with Gasteiger partial charge in [-0.25, -0.2) is 14.2 Å². The van der Waals surface area contributed by atoms with Gasteiger partial charge in [-0.15, -0.1) is 0 Å². The molecule has 1 N–H and O–H groups in total. The zero-order chi connectivity index (χ0) is 28.5. The van der Waals surface area contributed by atoms with Crippen LogP contribution in [-0.2, 0) is 9.59 Å². The van der Waals surface area contributed by atoms with Crippen LogP contribution in [0.25, 0.3) is 11.6 Å². The Bertz CT molecular complexity index is 1230. The molecule has 39 heavy (non-hydrogen) atoms. The van der Waals surface area contributed by atoms with Gasteiger partial charge in [0.15, 0.2) is 0 Å². The van der Waals surface area contributed by atoms with Crippen LogP contribution in [0, 0.1) is 5.82 Å². The number of halogens is 1. The lowest BCUT2D eigenvalue weighted by Crippen LogP contribution is -2.43. The van der Waals surface area contributed by atoms with Crippen molar-refractivity contribution in [2.45, 2.75) is 85.1 Å². The molecule has 6 nitrogen and oxygen atoms in total. The van der Waals surface area contributed by atoms with Crippen molar-refractivity contribution in [3.8, 4) is 0 Å². The molecule has 0 bridgehead atoms. The zero-order valence-electron chi connectivity index (χ0n) is 24.0. The Morgan fingerprint density at radius 3 is 2.64 bits per heavy atom. The van der Waals surface area contributed by atoms with Crippen LogP contribution in [0.4, 0.5) is 4.39 Å². The quantitative estimate of drug-likeness (QED) is 0.339. The molecule has 1 aromatic rings. The highest BCUT2D eigenvalue weighted by Gasteiger charge is 2.28. The standard InChI is InChI=1S/C32H42FN3O3/c1-6-8-13-25-20-29(32(39)36-18-11-9-10-12-23(36)4)34-30(35(25)5)21-27(22(3)7-2)26-16-14-24(19-28(26)33)15-17-31(37)38/h14-17,19-21,23H,6-13,18H2,1-5H3,(H,37,38)/b17-15+,27-22+,30-21-. The smallest absolute Gasteiger partial charge is 0.328 e. The van der Waals surface area contributed by atoms with E-state index in [1.165, 1.54) is 12.1 Å². The average molecular weight is 536 g/mol. The van der Waals surface area contributed by atoms with Crippen LogP contribution >= 0.6 is 0 Å². The first-order chi connectivity index (χ1) is 18.7. The summed E-state index contributed by atoms with van der Waals surface area (Å²) in [6.07, 6.45) is 14.0. The normalized spacial score (nSPS) is 20.1. The number of likely N-dealkylation sites (tertiary alicyclic amines) is 1. The van der Waals surface area contributed by atoms with E-state index in [2.05, 4.69) is 13.8 Å². The maximum atomic E-state index is 15.4. The molecule has 0 spiro atoms. The molecule has 210 valence electrons. The van der Waals surface area contributed by atoms with E-state index in [1.54, 1.807) is 12.1 Å². The van der Waals surface area contributed by atoms with Crippen LogP contribution in [0.3, 0.4) is 0 Å². The Morgan fingerprint density at radius 2 is 1.97 bits per heavy atom. The molecule has 1 atom stereocenters. The van der Waals surface area contributed by atoms with Crippen LogP contribution in [0.1, 0.15) is 90.2 Å². The summed E-state index contributed by atoms with van der Waals surface area (Å²) in [6, 6.07) is 4.89. The number of aliphatic carboxylic acids is 1. The number of amides is 1. The van der Waals surface area contributed by atoms with Crippen molar-refractivity contribution < 1.29 is 19.1 Å². The van der Waals surface area contributed by atoms with Gasteiger partial charge in [0, 0.05) is 37.0 Å². The van der Waals surface area contributed by atoms with Crippen LogP contribution in [0.2, 0.25) is 0 Å².